The minimum absolute atomic E-state index is 0.250. The second-order valence-corrected chi connectivity index (χ2v) is 6.30. The fraction of sp³-hybridized carbons (Fsp3) is 0.350. The summed E-state index contributed by atoms with van der Waals surface area (Å²) in [6.07, 6.45) is 1.97. The Kier molecular flexibility index (Phi) is 4.57. The number of carbonyl (C=O) groups is 1. The van der Waals surface area contributed by atoms with Gasteiger partial charge in [-0.2, -0.15) is 0 Å². The van der Waals surface area contributed by atoms with E-state index in [0.717, 1.165) is 25.9 Å². The van der Waals surface area contributed by atoms with Crippen molar-refractivity contribution in [1.29, 1.82) is 0 Å². The molecule has 1 fully saturated rings. The number of hydrogen-bond acceptors (Lipinski definition) is 1. The van der Waals surface area contributed by atoms with Gasteiger partial charge < -0.3 is 4.90 Å². The molecular weight excluding hydrogens is 270 g/mol. The third-order valence-corrected chi connectivity index (χ3v) is 4.47. The summed E-state index contributed by atoms with van der Waals surface area (Å²) in [5.41, 5.74) is 2.49. The van der Waals surface area contributed by atoms with E-state index in [4.69, 9.17) is 0 Å². The molecule has 2 aromatic carbocycles. The highest BCUT2D eigenvalue weighted by Gasteiger charge is 2.41. The summed E-state index contributed by atoms with van der Waals surface area (Å²) in [7, 11) is 0. The van der Waals surface area contributed by atoms with E-state index in [1.54, 1.807) is 0 Å². The largest absolute Gasteiger partial charge is 0.338 e. The van der Waals surface area contributed by atoms with Crippen LogP contribution in [0, 0.1) is 11.8 Å². The van der Waals surface area contributed by atoms with Crippen molar-refractivity contribution in [2.24, 2.45) is 11.8 Å². The van der Waals surface area contributed by atoms with Crippen LogP contribution in [0.3, 0.4) is 0 Å². The molecule has 0 heterocycles. The summed E-state index contributed by atoms with van der Waals surface area (Å²) in [4.78, 5) is 14.7. The number of nitrogens with zero attached hydrogens (tertiary/aromatic N) is 1. The Bertz CT molecular complexity index is 608. The lowest BCUT2D eigenvalue weighted by Gasteiger charge is -2.23. The molecule has 0 aromatic heterocycles. The SMILES string of the molecule is CC1CC1C(=O)N(CCc1ccccc1)Cc1ccccc1. The maximum absolute atomic E-state index is 12.7. The van der Waals surface area contributed by atoms with Gasteiger partial charge in [-0.15, -0.1) is 0 Å². The zero-order chi connectivity index (χ0) is 15.4. The monoisotopic (exact) mass is 293 g/mol. The molecule has 0 aliphatic heterocycles. The molecule has 1 aliphatic carbocycles. The van der Waals surface area contributed by atoms with Crippen LogP contribution in [0.2, 0.25) is 0 Å². The van der Waals surface area contributed by atoms with Crippen LogP contribution in [0.15, 0.2) is 60.7 Å². The van der Waals surface area contributed by atoms with Gasteiger partial charge in [-0.3, -0.25) is 4.79 Å². The van der Waals surface area contributed by atoms with Crippen LogP contribution < -0.4 is 0 Å². The van der Waals surface area contributed by atoms with Gasteiger partial charge in [0.2, 0.25) is 5.91 Å². The van der Waals surface area contributed by atoms with Crippen molar-refractivity contribution in [3.05, 3.63) is 71.8 Å². The van der Waals surface area contributed by atoms with E-state index < -0.39 is 0 Å². The van der Waals surface area contributed by atoms with Crippen LogP contribution in [-0.4, -0.2) is 17.4 Å². The summed E-state index contributed by atoms with van der Waals surface area (Å²) in [6.45, 7) is 3.68. The normalized spacial score (nSPS) is 19.7. The van der Waals surface area contributed by atoms with Crippen LogP contribution in [0.5, 0.6) is 0 Å². The zero-order valence-electron chi connectivity index (χ0n) is 13.1. The second kappa shape index (κ2) is 6.78. The molecular formula is C20H23NO. The van der Waals surface area contributed by atoms with Crippen molar-refractivity contribution in [2.45, 2.75) is 26.3 Å². The molecule has 2 unspecified atom stereocenters. The van der Waals surface area contributed by atoms with Gasteiger partial charge in [0.05, 0.1) is 0 Å². The lowest BCUT2D eigenvalue weighted by molar-refractivity contribution is -0.133. The summed E-state index contributed by atoms with van der Waals surface area (Å²) in [5.74, 6) is 1.13. The van der Waals surface area contributed by atoms with Gasteiger partial charge in [0.1, 0.15) is 0 Å². The molecule has 0 saturated heterocycles. The fourth-order valence-corrected chi connectivity index (χ4v) is 2.88. The molecule has 2 atom stereocenters. The molecule has 22 heavy (non-hydrogen) atoms. The van der Waals surface area contributed by atoms with Gasteiger partial charge in [-0.05, 0) is 29.9 Å². The zero-order valence-corrected chi connectivity index (χ0v) is 13.1. The predicted octanol–water partition coefficient (Wildman–Crippen LogP) is 3.91. The van der Waals surface area contributed by atoms with Crippen molar-refractivity contribution >= 4 is 5.91 Å². The van der Waals surface area contributed by atoms with Crippen molar-refractivity contribution in [2.75, 3.05) is 6.54 Å². The van der Waals surface area contributed by atoms with E-state index in [0.29, 0.717) is 11.8 Å². The van der Waals surface area contributed by atoms with E-state index in [-0.39, 0.29) is 5.92 Å². The molecule has 2 heteroatoms. The Labute approximate surface area is 132 Å². The first-order valence-electron chi connectivity index (χ1n) is 8.10. The summed E-state index contributed by atoms with van der Waals surface area (Å²) < 4.78 is 0. The minimum Gasteiger partial charge on any atom is -0.338 e. The summed E-state index contributed by atoms with van der Waals surface area (Å²) >= 11 is 0. The van der Waals surface area contributed by atoms with Crippen molar-refractivity contribution < 1.29 is 4.79 Å². The van der Waals surface area contributed by atoms with Crippen molar-refractivity contribution in [3.63, 3.8) is 0 Å². The van der Waals surface area contributed by atoms with Crippen LogP contribution in [-0.2, 0) is 17.8 Å². The molecule has 3 rings (SSSR count). The molecule has 1 aliphatic rings. The number of carbonyl (C=O) groups excluding carboxylic acids is 1. The average Bonchev–Trinajstić information content (AvgIpc) is 3.29. The standard InChI is InChI=1S/C20H23NO/c1-16-14-19(16)20(22)21(15-18-10-6-3-7-11-18)13-12-17-8-4-2-5-9-17/h2-11,16,19H,12-15H2,1H3. The molecule has 0 bridgehead atoms. The topological polar surface area (TPSA) is 20.3 Å². The molecule has 1 saturated carbocycles. The molecule has 1 amide bonds. The minimum atomic E-state index is 0.250. The van der Waals surface area contributed by atoms with Crippen LogP contribution in [0.1, 0.15) is 24.5 Å². The first-order valence-corrected chi connectivity index (χ1v) is 8.10. The summed E-state index contributed by atoms with van der Waals surface area (Å²) in [5, 5.41) is 0. The lowest BCUT2D eigenvalue weighted by atomic mass is 10.1. The highest BCUT2D eigenvalue weighted by atomic mass is 16.2. The average molecular weight is 293 g/mol. The van der Waals surface area contributed by atoms with Gasteiger partial charge in [0.15, 0.2) is 0 Å². The maximum atomic E-state index is 12.7. The van der Waals surface area contributed by atoms with Gasteiger partial charge in [-0.1, -0.05) is 67.6 Å². The third-order valence-electron chi connectivity index (χ3n) is 4.47. The first kappa shape index (κ1) is 14.8. The van der Waals surface area contributed by atoms with Crippen LogP contribution >= 0.6 is 0 Å². The molecule has 114 valence electrons. The Balaban J connectivity index is 1.67. The van der Waals surface area contributed by atoms with E-state index in [1.165, 1.54) is 11.1 Å². The van der Waals surface area contributed by atoms with Crippen molar-refractivity contribution in [3.8, 4) is 0 Å². The first-order chi connectivity index (χ1) is 10.7. The number of rotatable bonds is 6. The Morgan fingerprint density at radius 3 is 2.09 bits per heavy atom. The highest BCUT2D eigenvalue weighted by molar-refractivity contribution is 5.81. The van der Waals surface area contributed by atoms with Gasteiger partial charge in [-0.25, -0.2) is 0 Å². The van der Waals surface area contributed by atoms with Gasteiger partial charge in [0.25, 0.3) is 0 Å². The molecule has 2 nitrogen and oxygen atoms in total. The Hall–Kier alpha value is -2.09. The third kappa shape index (κ3) is 3.76. The quantitative estimate of drug-likeness (QED) is 0.790. The van der Waals surface area contributed by atoms with Gasteiger partial charge in [0, 0.05) is 19.0 Å². The summed E-state index contributed by atoms with van der Waals surface area (Å²) in [6, 6.07) is 20.7. The Morgan fingerprint density at radius 1 is 1.00 bits per heavy atom. The maximum Gasteiger partial charge on any atom is 0.226 e. The van der Waals surface area contributed by atoms with Crippen LogP contribution in [0.4, 0.5) is 0 Å². The molecule has 2 aromatic rings. The number of benzene rings is 2. The molecule has 0 N–H and O–H groups in total. The predicted molar refractivity (Wildman–Crippen MR) is 89.3 cm³/mol. The Morgan fingerprint density at radius 2 is 1.55 bits per heavy atom. The molecule has 0 radical (unpaired) electrons. The van der Waals surface area contributed by atoms with E-state index in [9.17, 15) is 4.79 Å². The fourth-order valence-electron chi connectivity index (χ4n) is 2.88. The number of hydrogen-bond donors (Lipinski definition) is 0. The smallest absolute Gasteiger partial charge is 0.226 e. The van der Waals surface area contributed by atoms with E-state index in [1.807, 2.05) is 29.2 Å². The highest BCUT2D eigenvalue weighted by Crippen LogP contribution is 2.39. The molecule has 0 spiro atoms. The lowest BCUT2D eigenvalue weighted by Crippen LogP contribution is -2.34. The van der Waals surface area contributed by atoms with Crippen molar-refractivity contribution in [1.82, 2.24) is 4.90 Å². The van der Waals surface area contributed by atoms with E-state index in [2.05, 4.69) is 43.3 Å². The van der Waals surface area contributed by atoms with Gasteiger partial charge >= 0.3 is 0 Å². The second-order valence-electron chi connectivity index (χ2n) is 6.30. The van der Waals surface area contributed by atoms with Crippen LogP contribution in [0.25, 0.3) is 0 Å². The van der Waals surface area contributed by atoms with E-state index >= 15 is 0 Å². The number of amides is 1.